The summed E-state index contributed by atoms with van der Waals surface area (Å²) >= 11 is 0. The van der Waals surface area contributed by atoms with Gasteiger partial charge in [-0.15, -0.1) is 0 Å². The minimum atomic E-state index is -3.11. The first-order chi connectivity index (χ1) is 12.2. The van der Waals surface area contributed by atoms with Crippen molar-refractivity contribution >= 4 is 18.6 Å². The number of hydrogen-bond acceptors (Lipinski definition) is 8. The van der Waals surface area contributed by atoms with Crippen LogP contribution in [0.4, 0.5) is 0 Å². The van der Waals surface area contributed by atoms with Gasteiger partial charge in [0.15, 0.2) is 0 Å². The number of rotatable bonds is 5. The SMILES string of the molecule is N[C@@H](CO)C(=O)N1CC(Oc2ccc3c(c2C(=O)O)O[B-](O)(O)CC3)C1. The summed E-state index contributed by atoms with van der Waals surface area (Å²) in [6.07, 6.45) is -0.187. The Hall–Kier alpha value is -2.34. The van der Waals surface area contributed by atoms with Crippen molar-refractivity contribution in [2.75, 3.05) is 19.7 Å². The van der Waals surface area contributed by atoms with Crippen LogP contribution in [0.5, 0.6) is 11.5 Å². The van der Waals surface area contributed by atoms with Crippen LogP contribution in [0.15, 0.2) is 12.1 Å². The number of fused-ring (bicyclic) bond motifs is 1. The maximum absolute atomic E-state index is 11.8. The van der Waals surface area contributed by atoms with Gasteiger partial charge >= 0.3 is 12.7 Å². The van der Waals surface area contributed by atoms with Crippen LogP contribution in [-0.2, 0) is 11.2 Å². The van der Waals surface area contributed by atoms with Crippen molar-refractivity contribution in [3.63, 3.8) is 0 Å². The van der Waals surface area contributed by atoms with E-state index in [0.29, 0.717) is 5.56 Å². The molecule has 2 aliphatic heterocycles. The van der Waals surface area contributed by atoms with Gasteiger partial charge in [-0.3, -0.25) is 4.79 Å². The van der Waals surface area contributed by atoms with Crippen molar-refractivity contribution in [3.8, 4) is 11.5 Å². The first kappa shape index (κ1) is 18.5. The molecular formula is C15H20BN2O8-. The summed E-state index contributed by atoms with van der Waals surface area (Å²) in [6.45, 7) is -3.16. The average molecular weight is 367 g/mol. The number of ether oxygens (including phenoxy) is 1. The maximum Gasteiger partial charge on any atom is 0.430 e. The first-order valence-corrected chi connectivity index (χ1v) is 8.22. The average Bonchev–Trinajstić information content (AvgIpc) is 2.54. The molecule has 0 aliphatic carbocycles. The lowest BCUT2D eigenvalue weighted by molar-refractivity contribution is -0.142. The molecule has 0 unspecified atom stereocenters. The number of aliphatic hydroxyl groups is 1. The summed E-state index contributed by atoms with van der Waals surface area (Å²) < 4.78 is 10.8. The van der Waals surface area contributed by atoms with Gasteiger partial charge in [-0.2, -0.15) is 0 Å². The van der Waals surface area contributed by atoms with Crippen molar-refractivity contribution in [2.45, 2.75) is 24.9 Å². The molecule has 1 aromatic rings. The summed E-state index contributed by atoms with van der Waals surface area (Å²) in [5.41, 5.74) is 5.74. The molecule has 1 saturated heterocycles. The standard InChI is InChI=1S/C15H20BN2O8/c17-10(7-19)14(20)18-5-9(6-18)25-11-2-1-8-3-4-16(23,24)26-13(8)12(11)15(21)22/h1-2,9-10,19,23-24H,3-7,17H2,(H,21,22)/q-1/t10-/m0/s1. The highest BCUT2D eigenvalue weighted by Crippen LogP contribution is 2.38. The van der Waals surface area contributed by atoms with E-state index in [4.69, 9.17) is 20.2 Å². The Balaban J connectivity index is 1.76. The number of nitrogens with two attached hydrogens (primary N) is 1. The van der Waals surface area contributed by atoms with Crippen LogP contribution in [-0.4, -0.2) is 75.6 Å². The number of carbonyl (C=O) groups excluding carboxylic acids is 1. The largest absolute Gasteiger partial charge is 0.669 e. The van der Waals surface area contributed by atoms with Crippen LogP contribution >= 0.6 is 0 Å². The van der Waals surface area contributed by atoms with Crippen LogP contribution < -0.4 is 15.1 Å². The number of carbonyl (C=O) groups is 2. The molecule has 0 spiro atoms. The summed E-state index contributed by atoms with van der Waals surface area (Å²) in [4.78, 5) is 24.9. The lowest BCUT2D eigenvalue weighted by Gasteiger charge is -2.41. The second-order valence-corrected chi connectivity index (χ2v) is 6.52. The fourth-order valence-corrected chi connectivity index (χ4v) is 3.02. The highest BCUT2D eigenvalue weighted by molar-refractivity contribution is 6.59. The van der Waals surface area contributed by atoms with Gasteiger partial charge in [-0.25, -0.2) is 4.79 Å². The molecule has 1 aromatic carbocycles. The Morgan fingerprint density at radius 1 is 1.38 bits per heavy atom. The van der Waals surface area contributed by atoms with Gasteiger partial charge in [-0.05, 0) is 18.1 Å². The Labute approximate surface area is 148 Å². The predicted octanol–water partition coefficient (Wildman–Crippen LogP) is -1.85. The zero-order valence-electron chi connectivity index (χ0n) is 13.9. The highest BCUT2D eigenvalue weighted by atomic mass is 16.6. The van der Waals surface area contributed by atoms with Crippen molar-refractivity contribution in [1.29, 1.82) is 0 Å². The van der Waals surface area contributed by atoms with Crippen LogP contribution in [0.1, 0.15) is 15.9 Å². The molecule has 1 amide bonds. The Bertz CT molecular complexity index is 735. The zero-order chi connectivity index (χ0) is 19.1. The van der Waals surface area contributed by atoms with Crippen LogP contribution in [0.25, 0.3) is 0 Å². The van der Waals surface area contributed by atoms with Gasteiger partial charge in [-0.1, -0.05) is 12.4 Å². The van der Waals surface area contributed by atoms with E-state index in [-0.39, 0.29) is 42.9 Å². The molecule has 0 saturated carbocycles. The summed E-state index contributed by atoms with van der Waals surface area (Å²) in [6, 6.07) is 2.11. The molecule has 26 heavy (non-hydrogen) atoms. The minimum Gasteiger partial charge on any atom is -0.669 e. The third-order valence-corrected chi connectivity index (χ3v) is 4.48. The lowest BCUT2D eigenvalue weighted by atomic mass is 9.70. The summed E-state index contributed by atoms with van der Waals surface area (Å²) in [5, 5.41) is 37.8. The molecule has 0 radical (unpaired) electrons. The number of aryl methyl sites for hydroxylation is 1. The first-order valence-electron chi connectivity index (χ1n) is 8.22. The second-order valence-electron chi connectivity index (χ2n) is 6.52. The fourth-order valence-electron chi connectivity index (χ4n) is 3.02. The van der Waals surface area contributed by atoms with Gasteiger partial charge in [0.1, 0.15) is 23.5 Å². The van der Waals surface area contributed by atoms with E-state index in [0.717, 1.165) is 0 Å². The summed E-state index contributed by atoms with van der Waals surface area (Å²) in [7, 11) is 0. The highest BCUT2D eigenvalue weighted by Gasteiger charge is 2.37. The van der Waals surface area contributed by atoms with Crippen LogP contribution in [0.2, 0.25) is 6.32 Å². The summed E-state index contributed by atoms with van der Waals surface area (Å²) in [5.74, 6) is -1.82. The topological polar surface area (TPSA) is 163 Å². The van der Waals surface area contributed by atoms with E-state index in [9.17, 15) is 24.7 Å². The number of nitrogens with zero attached hydrogens (tertiary/aromatic N) is 1. The van der Waals surface area contributed by atoms with Crippen molar-refractivity contribution in [3.05, 3.63) is 23.3 Å². The van der Waals surface area contributed by atoms with Gasteiger partial charge in [0.05, 0.1) is 25.4 Å². The predicted molar refractivity (Wildman–Crippen MR) is 88.8 cm³/mol. The van der Waals surface area contributed by atoms with E-state index in [1.165, 1.54) is 11.0 Å². The van der Waals surface area contributed by atoms with Crippen LogP contribution in [0, 0.1) is 0 Å². The lowest BCUT2D eigenvalue weighted by Crippen LogP contribution is -2.60. The molecule has 2 aliphatic rings. The number of carboxylic acids is 1. The van der Waals surface area contributed by atoms with Gasteiger partial charge in [0.25, 0.3) is 0 Å². The molecule has 0 bridgehead atoms. The molecule has 10 nitrogen and oxygen atoms in total. The normalized spacial score (nSPS) is 19.8. The number of aromatic carboxylic acids is 1. The smallest absolute Gasteiger partial charge is 0.430 e. The molecular weight excluding hydrogens is 347 g/mol. The zero-order valence-corrected chi connectivity index (χ0v) is 13.9. The number of likely N-dealkylation sites (tertiary alicyclic amines) is 1. The monoisotopic (exact) mass is 367 g/mol. The number of aliphatic hydroxyl groups excluding tert-OH is 1. The molecule has 142 valence electrons. The second kappa shape index (κ2) is 6.76. The Kier molecular flexibility index (Phi) is 4.80. The van der Waals surface area contributed by atoms with E-state index in [2.05, 4.69) is 0 Å². The molecule has 11 heteroatoms. The third-order valence-electron chi connectivity index (χ3n) is 4.48. The molecule has 3 rings (SSSR count). The maximum atomic E-state index is 11.8. The van der Waals surface area contributed by atoms with Crippen molar-refractivity contribution in [1.82, 2.24) is 4.90 Å². The number of benzene rings is 1. The quantitative estimate of drug-likeness (QED) is 0.376. The van der Waals surface area contributed by atoms with Gasteiger partial charge < -0.3 is 40.3 Å². The Morgan fingerprint density at radius 3 is 2.69 bits per heavy atom. The number of carboxylic acid groups (broad SMARTS) is 1. The molecule has 1 atom stereocenters. The molecule has 6 N–H and O–H groups in total. The van der Waals surface area contributed by atoms with Crippen molar-refractivity contribution < 1.29 is 39.2 Å². The molecule has 2 heterocycles. The van der Waals surface area contributed by atoms with Gasteiger partial charge in [0, 0.05) is 0 Å². The number of hydrogen-bond donors (Lipinski definition) is 5. The fraction of sp³-hybridized carbons (Fsp3) is 0.467. The van der Waals surface area contributed by atoms with E-state index < -0.39 is 37.4 Å². The van der Waals surface area contributed by atoms with Crippen LogP contribution in [0.3, 0.4) is 0 Å². The Morgan fingerprint density at radius 2 is 2.08 bits per heavy atom. The molecule has 1 fully saturated rings. The minimum absolute atomic E-state index is 0.0168. The van der Waals surface area contributed by atoms with E-state index >= 15 is 0 Å². The van der Waals surface area contributed by atoms with Gasteiger partial charge in [0.2, 0.25) is 5.91 Å². The number of amides is 1. The van der Waals surface area contributed by atoms with E-state index in [1.807, 2.05) is 0 Å². The van der Waals surface area contributed by atoms with E-state index in [1.54, 1.807) is 6.07 Å². The van der Waals surface area contributed by atoms with Crippen molar-refractivity contribution in [2.24, 2.45) is 5.73 Å². The molecule has 0 aromatic heterocycles. The third kappa shape index (κ3) is 3.47.